The number of nitrogens with zero attached hydrogens (tertiary/aromatic N) is 2. The van der Waals surface area contributed by atoms with E-state index in [1.807, 2.05) is 23.6 Å². The van der Waals surface area contributed by atoms with Crippen LogP contribution < -0.4 is 15.8 Å². The smallest absolute Gasteiger partial charge is 0.252 e. The van der Waals surface area contributed by atoms with Crippen molar-refractivity contribution in [1.82, 2.24) is 9.88 Å². The molecule has 4 heteroatoms. The minimum atomic E-state index is 0.155. The van der Waals surface area contributed by atoms with Crippen LogP contribution >= 0.6 is 0 Å². The zero-order chi connectivity index (χ0) is 12.0. The van der Waals surface area contributed by atoms with E-state index in [2.05, 4.69) is 11.4 Å². The molecule has 0 aromatic carbocycles. The summed E-state index contributed by atoms with van der Waals surface area (Å²) in [6, 6.07) is 3.92. The molecule has 2 bridgehead atoms. The van der Waals surface area contributed by atoms with Gasteiger partial charge in [0.05, 0.1) is 0 Å². The normalized spacial score (nSPS) is 26.5. The Bertz CT molecular complexity index is 492. The van der Waals surface area contributed by atoms with E-state index in [-0.39, 0.29) is 5.56 Å². The van der Waals surface area contributed by atoms with Gasteiger partial charge in [-0.15, -0.1) is 0 Å². The molecule has 0 radical (unpaired) electrons. The van der Waals surface area contributed by atoms with Gasteiger partial charge in [0.1, 0.15) is 0 Å². The SMILES string of the molecule is CN(C)c1cc2n(c(=O)c1)CC1CNC[C@@H]2C1. The highest BCUT2D eigenvalue weighted by Gasteiger charge is 2.31. The molecule has 0 amide bonds. The molecule has 0 saturated carbocycles. The summed E-state index contributed by atoms with van der Waals surface area (Å²) in [6.45, 7) is 2.94. The molecule has 3 rings (SSSR count). The van der Waals surface area contributed by atoms with Crippen molar-refractivity contribution in [3.8, 4) is 0 Å². The lowest BCUT2D eigenvalue weighted by molar-refractivity contribution is 0.257. The first-order chi connectivity index (χ1) is 8.15. The van der Waals surface area contributed by atoms with Crippen molar-refractivity contribution in [3.63, 3.8) is 0 Å². The summed E-state index contributed by atoms with van der Waals surface area (Å²) in [5, 5.41) is 3.47. The summed E-state index contributed by atoms with van der Waals surface area (Å²) in [6.07, 6.45) is 1.23. The Labute approximate surface area is 101 Å². The molecule has 1 fully saturated rings. The Balaban J connectivity index is 2.12. The maximum Gasteiger partial charge on any atom is 0.252 e. The molecule has 2 aliphatic rings. The molecule has 3 heterocycles. The molecule has 1 N–H and O–H groups in total. The molecule has 1 aromatic heterocycles. The highest BCUT2D eigenvalue weighted by atomic mass is 16.1. The van der Waals surface area contributed by atoms with Crippen LogP contribution in [-0.4, -0.2) is 31.8 Å². The lowest BCUT2D eigenvalue weighted by Gasteiger charge is -2.37. The van der Waals surface area contributed by atoms with Gasteiger partial charge in [0.25, 0.3) is 5.56 Å². The summed E-state index contributed by atoms with van der Waals surface area (Å²) in [4.78, 5) is 14.1. The maximum atomic E-state index is 12.1. The summed E-state index contributed by atoms with van der Waals surface area (Å²) < 4.78 is 1.98. The van der Waals surface area contributed by atoms with Crippen molar-refractivity contribution in [1.29, 1.82) is 0 Å². The minimum Gasteiger partial charge on any atom is -0.377 e. The number of fused-ring (bicyclic) bond motifs is 4. The molecule has 0 aliphatic carbocycles. The summed E-state index contributed by atoms with van der Waals surface area (Å²) in [5.74, 6) is 1.14. The Hall–Kier alpha value is -1.29. The predicted octanol–water partition coefficient (Wildman–Crippen LogP) is 0.621. The van der Waals surface area contributed by atoms with Gasteiger partial charge in [-0.05, 0) is 24.9 Å². The van der Waals surface area contributed by atoms with E-state index in [1.54, 1.807) is 6.07 Å². The first kappa shape index (κ1) is 10.8. The molecule has 2 atom stereocenters. The number of anilines is 1. The second kappa shape index (κ2) is 3.88. The van der Waals surface area contributed by atoms with Crippen LogP contribution in [-0.2, 0) is 6.54 Å². The number of pyridine rings is 1. The first-order valence-corrected chi connectivity index (χ1v) is 6.28. The fourth-order valence-corrected chi connectivity index (χ4v) is 3.05. The molecule has 1 unspecified atom stereocenters. The fourth-order valence-electron chi connectivity index (χ4n) is 3.05. The molecule has 4 nitrogen and oxygen atoms in total. The van der Waals surface area contributed by atoms with Gasteiger partial charge in [0.15, 0.2) is 0 Å². The van der Waals surface area contributed by atoms with E-state index in [0.29, 0.717) is 11.8 Å². The van der Waals surface area contributed by atoms with Crippen LogP contribution in [0, 0.1) is 5.92 Å². The van der Waals surface area contributed by atoms with Gasteiger partial charge in [0.2, 0.25) is 0 Å². The van der Waals surface area contributed by atoms with Crippen LogP contribution in [0.15, 0.2) is 16.9 Å². The number of hydrogen-bond acceptors (Lipinski definition) is 3. The fraction of sp³-hybridized carbons (Fsp3) is 0.615. The van der Waals surface area contributed by atoms with Crippen molar-refractivity contribution < 1.29 is 0 Å². The van der Waals surface area contributed by atoms with Gasteiger partial charge in [-0.25, -0.2) is 0 Å². The highest BCUT2D eigenvalue weighted by molar-refractivity contribution is 5.46. The Morgan fingerprint density at radius 3 is 2.94 bits per heavy atom. The molecular formula is C13H19N3O. The largest absolute Gasteiger partial charge is 0.377 e. The van der Waals surface area contributed by atoms with Crippen LogP contribution in [0.5, 0.6) is 0 Å². The van der Waals surface area contributed by atoms with Gasteiger partial charge in [0, 0.05) is 50.6 Å². The van der Waals surface area contributed by atoms with E-state index >= 15 is 0 Å². The Morgan fingerprint density at radius 2 is 2.18 bits per heavy atom. The van der Waals surface area contributed by atoms with Crippen molar-refractivity contribution in [2.75, 3.05) is 32.1 Å². The second-order valence-corrected chi connectivity index (χ2v) is 5.44. The third-order valence-corrected chi connectivity index (χ3v) is 3.96. The van der Waals surface area contributed by atoms with Crippen molar-refractivity contribution >= 4 is 5.69 Å². The van der Waals surface area contributed by atoms with Crippen molar-refractivity contribution in [3.05, 3.63) is 28.2 Å². The van der Waals surface area contributed by atoms with E-state index in [4.69, 9.17) is 0 Å². The predicted molar refractivity (Wildman–Crippen MR) is 68.7 cm³/mol. The molecule has 1 aromatic rings. The van der Waals surface area contributed by atoms with Gasteiger partial charge in [-0.2, -0.15) is 0 Å². The third-order valence-electron chi connectivity index (χ3n) is 3.96. The maximum absolute atomic E-state index is 12.1. The topological polar surface area (TPSA) is 37.3 Å². The van der Waals surface area contributed by atoms with E-state index in [0.717, 1.165) is 25.3 Å². The van der Waals surface area contributed by atoms with E-state index in [1.165, 1.54) is 12.1 Å². The zero-order valence-corrected chi connectivity index (χ0v) is 10.4. The highest BCUT2D eigenvalue weighted by Crippen LogP contribution is 2.32. The average molecular weight is 233 g/mol. The quantitative estimate of drug-likeness (QED) is 0.772. The van der Waals surface area contributed by atoms with Gasteiger partial charge in [-0.1, -0.05) is 0 Å². The van der Waals surface area contributed by atoms with Gasteiger partial charge in [-0.3, -0.25) is 4.79 Å². The lowest BCUT2D eigenvalue weighted by atomic mass is 9.84. The van der Waals surface area contributed by atoms with Crippen LogP contribution in [0.1, 0.15) is 18.0 Å². The second-order valence-electron chi connectivity index (χ2n) is 5.44. The number of nitrogens with one attached hydrogen (secondary N) is 1. The molecular weight excluding hydrogens is 214 g/mol. The Morgan fingerprint density at radius 1 is 1.35 bits per heavy atom. The zero-order valence-electron chi connectivity index (χ0n) is 10.4. The Kier molecular flexibility index (Phi) is 2.47. The number of aromatic nitrogens is 1. The van der Waals surface area contributed by atoms with Crippen molar-refractivity contribution in [2.24, 2.45) is 5.92 Å². The van der Waals surface area contributed by atoms with Crippen LogP contribution in [0.25, 0.3) is 0 Å². The minimum absolute atomic E-state index is 0.155. The molecule has 2 aliphatic heterocycles. The van der Waals surface area contributed by atoms with Crippen LogP contribution in [0.2, 0.25) is 0 Å². The van der Waals surface area contributed by atoms with Gasteiger partial charge < -0.3 is 14.8 Å². The molecule has 0 spiro atoms. The number of piperidine rings is 1. The standard InChI is InChI=1S/C13H19N3O/c1-15(2)11-4-12-10-3-9(6-14-7-10)8-16(12)13(17)5-11/h4-5,9-10,14H,3,6-8H2,1-2H3/t9?,10-/m0/s1. The van der Waals surface area contributed by atoms with Gasteiger partial charge >= 0.3 is 0 Å². The van der Waals surface area contributed by atoms with Crippen molar-refractivity contribution in [2.45, 2.75) is 18.9 Å². The van der Waals surface area contributed by atoms with E-state index < -0.39 is 0 Å². The lowest BCUT2D eigenvalue weighted by Crippen LogP contribution is -2.45. The monoisotopic (exact) mass is 233 g/mol. The average Bonchev–Trinajstić information content (AvgIpc) is 2.30. The molecule has 1 saturated heterocycles. The van der Waals surface area contributed by atoms with E-state index in [9.17, 15) is 4.79 Å². The summed E-state index contributed by atoms with van der Waals surface area (Å²) in [7, 11) is 3.97. The third kappa shape index (κ3) is 1.76. The summed E-state index contributed by atoms with van der Waals surface area (Å²) >= 11 is 0. The van der Waals surface area contributed by atoms with Crippen LogP contribution in [0.3, 0.4) is 0 Å². The van der Waals surface area contributed by atoms with Crippen LogP contribution in [0.4, 0.5) is 5.69 Å². The first-order valence-electron chi connectivity index (χ1n) is 6.28. The number of hydrogen-bond donors (Lipinski definition) is 1. The molecule has 17 heavy (non-hydrogen) atoms. The summed E-state index contributed by atoms with van der Waals surface area (Å²) in [5.41, 5.74) is 2.39. The molecule has 92 valence electrons. The number of rotatable bonds is 1.